The molecule has 0 fully saturated rings. The van der Waals surface area contributed by atoms with Crippen molar-refractivity contribution in [1.82, 2.24) is 0 Å². The minimum Gasteiger partial charge on any atom is -0.289 e. The van der Waals surface area contributed by atoms with E-state index >= 15 is 0 Å². The second-order valence-electron chi connectivity index (χ2n) is 3.01. The van der Waals surface area contributed by atoms with Crippen LogP contribution in [-0.2, 0) is 0 Å². The maximum Gasteiger partial charge on any atom is 0.189 e. The van der Waals surface area contributed by atoms with Crippen molar-refractivity contribution in [2.24, 2.45) is 0 Å². The quantitative estimate of drug-likeness (QED) is 0.599. The van der Waals surface area contributed by atoms with Crippen molar-refractivity contribution in [3.05, 3.63) is 40.5 Å². The standard InChI is InChI=1S/C10H6F2O/c1-5-2-6-3-8(11)9(12)4-7(6)10(5)13/h2-4H,1H3. The van der Waals surface area contributed by atoms with Gasteiger partial charge in [0.15, 0.2) is 17.4 Å². The lowest BCUT2D eigenvalue weighted by molar-refractivity contribution is 0.103. The summed E-state index contributed by atoms with van der Waals surface area (Å²) in [5, 5.41) is 0. The zero-order valence-corrected chi connectivity index (χ0v) is 6.90. The lowest BCUT2D eigenvalue weighted by Gasteiger charge is -1.98. The van der Waals surface area contributed by atoms with Crippen molar-refractivity contribution in [2.75, 3.05) is 0 Å². The summed E-state index contributed by atoms with van der Waals surface area (Å²) in [6.45, 7) is 1.62. The van der Waals surface area contributed by atoms with E-state index in [1.54, 1.807) is 13.0 Å². The zero-order chi connectivity index (χ0) is 9.59. The van der Waals surface area contributed by atoms with Gasteiger partial charge in [0.1, 0.15) is 0 Å². The Balaban J connectivity index is 2.68. The summed E-state index contributed by atoms with van der Waals surface area (Å²) in [4.78, 5) is 11.3. The van der Waals surface area contributed by atoms with Gasteiger partial charge in [-0.05, 0) is 36.3 Å². The van der Waals surface area contributed by atoms with Gasteiger partial charge in [0.2, 0.25) is 0 Å². The molecule has 0 radical (unpaired) electrons. The Morgan fingerprint density at radius 3 is 2.46 bits per heavy atom. The monoisotopic (exact) mass is 180 g/mol. The molecule has 1 aromatic rings. The highest BCUT2D eigenvalue weighted by Gasteiger charge is 2.21. The van der Waals surface area contributed by atoms with E-state index in [0.29, 0.717) is 11.1 Å². The first-order valence-corrected chi connectivity index (χ1v) is 3.81. The number of Topliss-reactive ketones (excluding diaryl/α,β-unsaturated/α-hetero) is 1. The zero-order valence-electron chi connectivity index (χ0n) is 6.90. The molecule has 0 heterocycles. The SMILES string of the molecule is CC1=Cc2cc(F)c(F)cc2C1=O. The molecule has 0 amide bonds. The minimum atomic E-state index is -0.977. The summed E-state index contributed by atoms with van der Waals surface area (Å²) in [5.41, 5.74) is 1.22. The topological polar surface area (TPSA) is 17.1 Å². The Bertz CT molecular complexity index is 433. The van der Waals surface area contributed by atoms with E-state index in [1.165, 1.54) is 0 Å². The van der Waals surface area contributed by atoms with Crippen LogP contribution in [0, 0.1) is 11.6 Å². The van der Waals surface area contributed by atoms with Crippen LogP contribution >= 0.6 is 0 Å². The van der Waals surface area contributed by atoms with Crippen LogP contribution in [0.2, 0.25) is 0 Å². The van der Waals surface area contributed by atoms with Crippen molar-refractivity contribution in [3.8, 4) is 0 Å². The average Bonchev–Trinajstić information content (AvgIpc) is 2.32. The molecule has 1 aromatic carbocycles. The molecule has 0 atom stereocenters. The highest BCUT2D eigenvalue weighted by Crippen LogP contribution is 2.26. The summed E-state index contributed by atoms with van der Waals surface area (Å²) in [6, 6.07) is 1.99. The van der Waals surface area contributed by atoms with Gasteiger partial charge in [-0.2, -0.15) is 0 Å². The molecule has 3 heteroatoms. The number of allylic oxidation sites excluding steroid dienone is 1. The summed E-state index contributed by atoms with van der Waals surface area (Å²) in [6.07, 6.45) is 1.56. The fourth-order valence-electron chi connectivity index (χ4n) is 1.39. The van der Waals surface area contributed by atoms with E-state index in [-0.39, 0.29) is 11.3 Å². The van der Waals surface area contributed by atoms with Gasteiger partial charge >= 0.3 is 0 Å². The second kappa shape index (κ2) is 2.49. The van der Waals surface area contributed by atoms with E-state index < -0.39 is 11.6 Å². The van der Waals surface area contributed by atoms with Crippen molar-refractivity contribution in [1.29, 1.82) is 0 Å². The fraction of sp³-hybridized carbons (Fsp3) is 0.100. The van der Waals surface area contributed by atoms with Gasteiger partial charge in [0.25, 0.3) is 0 Å². The molecule has 1 nitrogen and oxygen atoms in total. The van der Waals surface area contributed by atoms with Crippen LogP contribution in [0.15, 0.2) is 17.7 Å². The molecule has 0 N–H and O–H groups in total. The van der Waals surface area contributed by atoms with Crippen molar-refractivity contribution >= 4 is 11.9 Å². The van der Waals surface area contributed by atoms with Gasteiger partial charge in [-0.25, -0.2) is 8.78 Å². The van der Waals surface area contributed by atoms with Crippen molar-refractivity contribution in [2.45, 2.75) is 6.92 Å². The van der Waals surface area contributed by atoms with E-state index in [9.17, 15) is 13.6 Å². The van der Waals surface area contributed by atoms with Crippen LogP contribution in [0.1, 0.15) is 22.8 Å². The summed E-state index contributed by atoms with van der Waals surface area (Å²) in [7, 11) is 0. The van der Waals surface area contributed by atoms with Crippen LogP contribution < -0.4 is 0 Å². The van der Waals surface area contributed by atoms with Gasteiger partial charge in [-0.3, -0.25) is 4.79 Å². The van der Waals surface area contributed by atoms with E-state index in [0.717, 1.165) is 12.1 Å². The van der Waals surface area contributed by atoms with Crippen LogP contribution in [-0.4, -0.2) is 5.78 Å². The minimum absolute atomic E-state index is 0.228. The van der Waals surface area contributed by atoms with Crippen molar-refractivity contribution in [3.63, 3.8) is 0 Å². The third kappa shape index (κ3) is 1.08. The van der Waals surface area contributed by atoms with Crippen LogP contribution in [0.5, 0.6) is 0 Å². The number of fused-ring (bicyclic) bond motifs is 1. The number of carbonyl (C=O) groups is 1. The third-order valence-electron chi connectivity index (χ3n) is 2.07. The van der Waals surface area contributed by atoms with Crippen LogP contribution in [0.3, 0.4) is 0 Å². The smallest absolute Gasteiger partial charge is 0.189 e. The first-order chi connectivity index (χ1) is 6.09. The lowest BCUT2D eigenvalue weighted by Crippen LogP contribution is -1.98. The fourth-order valence-corrected chi connectivity index (χ4v) is 1.39. The van der Waals surface area contributed by atoms with Gasteiger partial charge in [-0.1, -0.05) is 0 Å². The molecule has 0 bridgehead atoms. The van der Waals surface area contributed by atoms with E-state index in [1.807, 2.05) is 0 Å². The number of benzene rings is 1. The Morgan fingerprint density at radius 1 is 1.15 bits per heavy atom. The number of rotatable bonds is 0. The summed E-state index contributed by atoms with van der Waals surface area (Å²) < 4.78 is 25.4. The van der Waals surface area contributed by atoms with Gasteiger partial charge in [-0.15, -0.1) is 0 Å². The maximum absolute atomic E-state index is 12.7. The Kier molecular flexibility index (Phi) is 1.55. The molecule has 13 heavy (non-hydrogen) atoms. The van der Waals surface area contributed by atoms with Gasteiger partial charge < -0.3 is 0 Å². The average molecular weight is 180 g/mol. The molecule has 0 unspecified atom stereocenters. The van der Waals surface area contributed by atoms with E-state index in [2.05, 4.69) is 0 Å². The predicted molar refractivity (Wildman–Crippen MR) is 44.3 cm³/mol. The molecule has 0 saturated heterocycles. The van der Waals surface area contributed by atoms with Crippen molar-refractivity contribution < 1.29 is 13.6 Å². The normalized spacial score (nSPS) is 14.4. The largest absolute Gasteiger partial charge is 0.289 e. The highest BCUT2D eigenvalue weighted by atomic mass is 19.2. The number of carbonyl (C=O) groups excluding carboxylic acids is 1. The number of halogens is 2. The molecule has 0 spiro atoms. The first kappa shape index (κ1) is 8.10. The Hall–Kier alpha value is -1.51. The molecule has 66 valence electrons. The summed E-state index contributed by atoms with van der Waals surface area (Å²) in [5.74, 6) is -2.12. The predicted octanol–water partition coefficient (Wildman–Crippen LogP) is 2.56. The van der Waals surface area contributed by atoms with Crippen LogP contribution in [0.4, 0.5) is 8.78 Å². The summed E-state index contributed by atoms with van der Waals surface area (Å²) >= 11 is 0. The van der Waals surface area contributed by atoms with Crippen LogP contribution in [0.25, 0.3) is 6.08 Å². The second-order valence-corrected chi connectivity index (χ2v) is 3.01. The molecule has 0 saturated carbocycles. The molecule has 2 rings (SSSR count). The Labute approximate surface area is 73.7 Å². The van der Waals surface area contributed by atoms with E-state index in [4.69, 9.17) is 0 Å². The lowest BCUT2D eigenvalue weighted by atomic mass is 10.1. The number of hydrogen-bond acceptors (Lipinski definition) is 1. The van der Waals surface area contributed by atoms with Gasteiger partial charge in [0, 0.05) is 5.56 Å². The molecular weight excluding hydrogens is 174 g/mol. The molecule has 1 aliphatic carbocycles. The number of hydrogen-bond donors (Lipinski definition) is 0. The molecule has 0 aliphatic heterocycles. The number of ketones is 1. The Morgan fingerprint density at radius 2 is 1.77 bits per heavy atom. The highest BCUT2D eigenvalue weighted by molar-refractivity contribution is 6.17. The van der Waals surface area contributed by atoms with Gasteiger partial charge in [0.05, 0.1) is 0 Å². The molecular formula is C10H6F2O. The maximum atomic E-state index is 12.7. The third-order valence-corrected chi connectivity index (χ3v) is 2.07. The molecule has 1 aliphatic rings. The first-order valence-electron chi connectivity index (χ1n) is 3.81. The molecule has 0 aromatic heterocycles.